The van der Waals surface area contributed by atoms with Gasteiger partial charge >= 0.3 is 0 Å². The van der Waals surface area contributed by atoms with Gasteiger partial charge in [-0.2, -0.15) is 0 Å². The molecule has 0 saturated heterocycles. The summed E-state index contributed by atoms with van der Waals surface area (Å²) in [5.74, 6) is 0. The van der Waals surface area contributed by atoms with Gasteiger partial charge in [0.2, 0.25) is 0 Å². The molecule has 2 aliphatic heterocycles. The first kappa shape index (κ1) is 14.6. The van der Waals surface area contributed by atoms with Crippen LogP contribution in [0.25, 0.3) is 11.3 Å². The lowest BCUT2D eigenvalue weighted by Gasteiger charge is -2.40. The second kappa shape index (κ2) is 4.99. The van der Waals surface area contributed by atoms with Crippen molar-refractivity contribution in [1.82, 2.24) is 4.90 Å². The molecule has 0 N–H and O–H groups in total. The van der Waals surface area contributed by atoms with Crippen molar-refractivity contribution in [1.29, 1.82) is 0 Å². The molecule has 0 unspecified atom stereocenters. The fourth-order valence-corrected chi connectivity index (χ4v) is 4.19. The summed E-state index contributed by atoms with van der Waals surface area (Å²) in [4.78, 5) is 2.60. The van der Waals surface area contributed by atoms with Crippen molar-refractivity contribution in [2.24, 2.45) is 0 Å². The SMILES string of the molecule is CC1=C2c3cc(C)c(C)cc3CCN2Cc2c1ccc(C)c2C. The van der Waals surface area contributed by atoms with Gasteiger partial charge in [0.05, 0.1) is 0 Å². The molecule has 118 valence electrons. The van der Waals surface area contributed by atoms with Crippen LogP contribution in [0.1, 0.15) is 51.4 Å². The van der Waals surface area contributed by atoms with Crippen molar-refractivity contribution in [2.75, 3.05) is 6.54 Å². The lowest BCUT2D eigenvalue weighted by atomic mass is 9.83. The van der Waals surface area contributed by atoms with E-state index in [0.29, 0.717) is 0 Å². The highest BCUT2D eigenvalue weighted by Crippen LogP contribution is 2.42. The van der Waals surface area contributed by atoms with Crippen molar-refractivity contribution in [3.63, 3.8) is 0 Å². The maximum Gasteiger partial charge on any atom is 0.0481 e. The number of benzene rings is 2. The second-order valence-electron chi connectivity index (χ2n) is 7.27. The highest BCUT2D eigenvalue weighted by molar-refractivity contribution is 5.93. The van der Waals surface area contributed by atoms with Gasteiger partial charge in [0.1, 0.15) is 0 Å². The Bertz CT molecular complexity index is 855. The molecule has 0 bridgehead atoms. The summed E-state index contributed by atoms with van der Waals surface area (Å²) in [5, 5.41) is 0. The van der Waals surface area contributed by atoms with E-state index >= 15 is 0 Å². The summed E-state index contributed by atoms with van der Waals surface area (Å²) < 4.78 is 0. The quantitative estimate of drug-likeness (QED) is 0.648. The highest BCUT2D eigenvalue weighted by atomic mass is 15.1. The number of hydrogen-bond donors (Lipinski definition) is 0. The molecular weight excluding hydrogens is 278 g/mol. The Morgan fingerprint density at radius 2 is 1.57 bits per heavy atom. The minimum Gasteiger partial charge on any atom is -0.366 e. The molecule has 23 heavy (non-hydrogen) atoms. The molecule has 0 aliphatic carbocycles. The first-order valence-electron chi connectivity index (χ1n) is 8.63. The van der Waals surface area contributed by atoms with Gasteiger partial charge in [-0.1, -0.05) is 18.2 Å². The lowest BCUT2D eigenvalue weighted by molar-refractivity contribution is 0.378. The van der Waals surface area contributed by atoms with E-state index in [0.717, 1.165) is 19.5 Å². The summed E-state index contributed by atoms with van der Waals surface area (Å²) in [6, 6.07) is 9.41. The maximum absolute atomic E-state index is 2.60. The Morgan fingerprint density at radius 3 is 2.35 bits per heavy atom. The zero-order valence-electron chi connectivity index (χ0n) is 14.9. The summed E-state index contributed by atoms with van der Waals surface area (Å²) in [6.45, 7) is 13.5. The molecule has 4 rings (SSSR count). The zero-order valence-corrected chi connectivity index (χ0v) is 14.9. The van der Waals surface area contributed by atoms with Crippen LogP contribution in [0.2, 0.25) is 0 Å². The average molecular weight is 303 g/mol. The Morgan fingerprint density at radius 1 is 0.826 bits per heavy atom. The minimum absolute atomic E-state index is 1.06. The Labute approximate surface area is 139 Å². The smallest absolute Gasteiger partial charge is 0.0481 e. The molecule has 1 heteroatoms. The van der Waals surface area contributed by atoms with Crippen LogP contribution in [0.5, 0.6) is 0 Å². The molecule has 0 atom stereocenters. The Kier molecular flexibility index (Phi) is 3.16. The third-order valence-electron chi connectivity index (χ3n) is 5.92. The van der Waals surface area contributed by atoms with Crippen LogP contribution >= 0.6 is 0 Å². The van der Waals surface area contributed by atoms with Crippen molar-refractivity contribution in [3.8, 4) is 0 Å². The topological polar surface area (TPSA) is 3.24 Å². The normalized spacial score (nSPS) is 16.1. The van der Waals surface area contributed by atoms with E-state index in [9.17, 15) is 0 Å². The molecule has 0 radical (unpaired) electrons. The summed E-state index contributed by atoms with van der Waals surface area (Å²) >= 11 is 0. The number of nitrogens with zero attached hydrogens (tertiary/aromatic N) is 1. The molecular formula is C22H25N. The van der Waals surface area contributed by atoms with Gasteiger partial charge in [-0.25, -0.2) is 0 Å². The predicted octanol–water partition coefficient (Wildman–Crippen LogP) is 5.18. The van der Waals surface area contributed by atoms with Gasteiger partial charge in [-0.3, -0.25) is 0 Å². The van der Waals surface area contributed by atoms with E-state index < -0.39 is 0 Å². The van der Waals surface area contributed by atoms with Gasteiger partial charge in [0.15, 0.2) is 0 Å². The minimum atomic E-state index is 1.06. The monoisotopic (exact) mass is 303 g/mol. The van der Waals surface area contributed by atoms with Crippen LogP contribution in [-0.4, -0.2) is 11.4 Å². The van der Waals surface area contributed by atoms with Crippen LogP contribution in [-0.2, 0) is 13.0 Å². The highest BCUT2D eigenvalue weighted by Gasteiger charge is 2.29. The van der Waals surface area contributed by atoms with Gasteiger partial charge in [0.25, 0.3) is 0 Å². The molecule has 2 aromatic rings. The number of rotatable bonds is 0. The summed E-state index contributed by atoms with van der Waals surface area (Å²) in [5.41, 5.74) is 14.5. The molecule has 1 nitrogen and oxygen atoms in total. The molecule has 0 aromatic heterocycles. The third-order valence-corrected chi connectivity index (χ3v) is 5.92. The predicted molar refractivity (Wildman–Crippen MR) is 98.4 cm³/mol. The van der Waals surface area contributed by atoms with Gasteiger partial charge in [-0.15, -0.1) is 0 Å². The molecule has 2 aliphatic rings. The van der Waals surface area contributed by atoms with Crippen molar-refractivity contribution in [2.45, 2.75) is 47.6 Å². The van der Waals surface area contributed by atoms with Crippen LogP contribution < -0.4 is 0 Å². The standard InChI is InChI=1S/C22H25N/c1-13-6-7-19-17(5)22-20-11-15(3)14(2)10-18(20)8-9-23(22)12-21(19)16(13)4/h6-7,10-11H,8-9,12H2,1-5H3. The molecule has 0 fully saturated rings. The van der Waals surface area contributed by atoms with E-state index in [-0.39, 0.29) is 0 Å². The molecule has 2 aromatic carbocycles. The van der Waals surface area contributed by atoms with Gasteiger partial charge in [0, 0.05) is 24.4 Å². The Balaban J connectivity index is 1.98. The molecule has 0 saturated carbocycles. The van der Waals surface area contributed by atoms with Crippen LogP contribution in [0.3, 0.4) is 0 Å². The fourth-order valence-electron chi connectivity index (χ4n) is 4.19. The van der Waals surface area contributed by atoms with Crippen LogP contribution in [0, 0.1) is 27.7 Å². The number of allylic oxidation sites excluding steroid dienone is 1. The fraction of sp³-hybridized carbons (Fsp3) is 0.364. The van der Waals surface area contributed by atoms with E-state index in [1.165, 1.54) is 55.8 Å². The maximum atomic E-state index is 2.60. The molecule has 0 amide bonds. The molecule has 2 heterocycles. The van der Waals surface area contributed by atoms with Crippen LogP contribution in [0.15, 0.2) is 24.3 Å². The second-order valence-corrected chi connectivity index (χ2v) is 7.27. The van der Waals surface area contributed by atoms with E-state index in [1.54, 1.807) is 0 Å². The van der Waals surface area contributed by atoms with Gasteiger partial charge in [-0.05, 0) is 91.6 Å². The largest absolute Gasteiger partial charge is 0.366 e. The molecule has 0 spiro atoms. The number of aryl methyl sites for hydroxylation is 3. The number of hydrogen-bond acceptors (Lipinski definition) is 1. The first-order chi connectivity index (χ1) is 11.0. The van der Waals surface area contributed by atoms with Gasteiger partial charge < -0.3 is 4.90 Å². The van der Waals surface area contributed by atoms with Crippen molar-refractivity contribution in [3.05, 3.63) is 68.8 Å². The van der Waals surface area contributed by atoms with Crippen LogP contribution in [0.4, 0.5) is 0 Å². The van der Waals surface area contributed by atoms with E-state index in [4.69, 9.17) is 0 Å². The Hall–Kier alpha value is -2.02. The van der Waals surface area contributed by atoms with Crippen molar-refractivity contribution < 1.29 is 0 Å². The zero-order chi connectivity index (χ0) is 16.3. The third kappa shape index (κ3) is 2.06. The van der Waals surface area contributed by atoms with Crippen molar-refractivity contribution >= 4 is 11.3 Å². The summed E-state index contributed by atoms with van der Waals surface area (Å²) in [6.07, 6.45) is 1.16. The number of fused-ring (bicyclic) bond motifs is 4. The summed E-state index contributed by atoms with van der Waals surface area (Å²) in [7, 11) is 0. The average Bonchev–Trinajstić information content (AvgIpc) is 2.52. The lowest BCUT2D eigenvalue weighted by Crippen LogP contribution is -2.33. The van der Waals surface area contributed by atoms with E-state index in [1.807, 2.05) is 0 Å². The first-order valence-corrected chi connectivity index (χ1v) is 8.63. The van der Waals surface area contributed by atoms with E-state index in [2.05, 4.69) is 63.8 Å².